The largest absolute Gasteiger partial charge is 0.350 e. The SMILES string of the molecule is O=C(NC[C@H]1CCc2nccn2C1)c1cn2ccccc2n1. The molecule has 6 nitrogen and oxygen atoms in total. The number of carbonyl (C=O) groups excluding carboxylic acids is 1. The lowest BCUT2D eigenvalue weighted by atomic mass is 9.99. The third-order valence-corrected chi connectivity index (χ3v) is 4.18. The molecule has 0 aromatic carbocycles. The lowest BCUT2D eigenvalue weighted by Crippen LogP contribution is -2.33. The molecule has 112 valence electrons. The third-order valence-electron chi connectivity index (χ3n) is 4.18. The van der Waals surface area contributed by atoms with Crippen LogP contribution in [-0.4, -0.2) is 31.4 Å². The van der Waals surface area contributed by atoms with Crippen LogP contribution in [0.25, 0.3) is 5.65 Å². The van der Waals surface area contributed by atoms with Crippen LogP contribution in [0.15, 0.2) is 43.0 Å². The van der Waals surface area contributed by atoms with Gasteiger partial charge in [-0.1, -0.05) is 6.07 Å². The van der Waals surface area contributed by atoms with Gasteiger partial charge in [0.2, 0.25) is 0 Å². The fourth-order valence-electron chi connectivity index (χ4n) is 2.98. The van der Waals surface area contributed by atoms with Gasteiger partial charge in [0, 0.05) is 44.3 Å². The van der Waals surface area contributed by atoms with Crippen LogP contribution in [0.3, 0.4) is 0 Å². The fraction of sp³-hybridized carbons (Fsp3) is 0.312. The van der Waals surface area contributed by atoms with Gasteiger partial charge in [0.25, 0.3) is 5.91 Å². The number of nitrogens with one attached hydrogen (secondary N) is 1. The first-order valence-electron chi connectivity index (χ1n) is 7.51. The Labute approximate surface area is 127 Å². The Morgan fingerprint density at radius 1 is 1.36 bits per heavy atom. The molecule has 3 aromatic heterocycles. The quantitative estimate of drug-likeness (QED) is 0.797. The van der Waals surface area contributed by atoms with Crippen molar-refractivity contribution in [3.63, 3.8) is 0 Å². The topological polar surface area (TPSA) is 64.2 Å². The zero-order valence-electron chi connectivity index (χ0n) is 12.1. The molecule has 22 heavy (non-hydrogen) atoms. The number of fused-ring (bicyclic) bond motifs is 2. The highest BCUT2D eigenvalue weighted by Gasteiger charge is 2.20. The number of aromatic nitrogens is 4. The van der Waals surface area contributed by atoms with Crippen molar-refractivity contribution in [3.05, 3.63) is 54.5 Å². The van der Waals surface area contributed by atoms with Crippen molar-refractivity contribution in [3.8, 4) is 0 Å². The Bertz CT molecular complexity index is 786. The van der Waals surface area contributed by atoms with Gasteiger partial charge in [0.15, 0.2) is 0 Å². The summed E-state index contributed by atoms with van der Waals surface area (Å²) in [6, 6.07) is 5.72. The zero-order valence-corrected chi connectivity index (χ0v) is 12.1. The third kappa shape index (κ3) is 2.36. The fourth-order valence-corrected chi connectivity index (χ4v) is 2.98. The summed E-state index contributed by atoms with van der Waals surface area (Å²) in [5.74, 6) is 1.48. The molecule has 0 bridgehead atoms. The van der Waals surface area contributed by atoms with E-state index in [2.05, 4.69) is 19.9 Å². The maximum atomic E-state index is 12.2. The normalized spacial score (nSPS) is 17.4. The van der Waals surface area contributed by atoms with E-state index in [0.717, 1.165) is 30.9 Å². The highest BCUT2D eigenvalue weighted by Crippen LogP contribution is 2.18. The first kappa shape index (κ1) is 13.1. The summed E-state index contributed by atoms with van der Waals surface area (Å²) in [7, 11) is 0. The highest BCUT2D eigenvalue weighted by atomic mass is 16.1. The van der Waals surface area contributed by atoms with Crippen LogP contribution in [-0.2, 0) is 13.0 Å². The van der Waals surface area contributed by atoms with Crippen LogP contribution in [0.2, 0.25) is 0 Å². The van der Waals surface area contributed by atoms with Gasteiger partial charge in [-0.15, -0.1) is 0 Å². The lowest BCUT2D eigenvalue weighted by molar-refractivity contribution is 0.0939. The first-order valence-corrected chi connectivity index (χ1v) is 7.51. The maximum absolute atomic E-state index is 12.2. The minimum absolute atomic E-state index is 0.111. The number of carbonyl (C=O) groups is 1. The number of amides is 1. The van der Waals surface area contributed by atoms with Gasteiger partial charge in [-0.3, -0.25) is 4.79 Å². The van der Waals surface area contributed by atoms with E-state index in [1.165, 1.54) is 0 Å². The minimum atomic E-state index is -0.111. The lowest BCUT2D eigenvalue weighted by Gasteiger charge is -2.23. The molecule has 1 atom stereocenters. The average molecular weight is 295 g/mol. The molecule has 6 heteroatoms. The van der Waals surface area contributed by atoms with Gasteiger partial charge in [0.1, 0.15) is 17.2 Å². The number of pyridine rings is 1. The van der Waals surface area contributed by atoms with Crippen molar-refractivity contribution in [1.29, 1.82) is 0 Å². The standard InChI is InChI=1S/C16H17N5O/c22-16(13-11-20-7-2-1-3-15(20)19-13)18-9-12-4-5-14-17-6-8-21(14)10-12/h1-3,6-8,11-12H,4-5,9-10H2,(H,18,22)/t12-/m1/s1. The molecule has 0 saturated heterocycles. The summed E-state index contributed by atoms with van der Waals surface area (Å²) >= 11 is 0. The van der Waals surface area contributed by atoms with Crippen LogP contribution < -0.4 is 5.32 Å². The van der Waals surface area contributed by atoms with Crippen LogP contribution >= 0.6 is 0 Å². The molecule has 1 aliphatic rings. The van der Waals surface area contributed by atoms with E-state index in [0.29, 0.717) is 18.2 Å². The molecule has 0 saturated carbocycles. The molecular weight excluding hydrogens is 278 g/mol. The second-order valence-electron chi connectivity index (χ2n) is 5.70. The molecule has 1 aliphatic heterocycles. The van der Waals surface area contributed by atoms with E-state index >= 15 is 0 Å². The summed E-state index contributed by atoms with van der Waals surface area (Å²) in [5.41, 5.74) is 1.25. The molecular formula is C16H17N5O. The number of rotatable bonds is 3. The number of hydrogen-bond acceptors (Lipinski definition) is 3. The molecule has 1 N–H and O–H groups in total. The predicted octanol–water partition coefficient (Wildman–Crippen LogP) is 1.52. The second-order valence-corrected chi connectivity index (χ2v) is 5.70. The van der Waals surface area contributed by atoms with Gasteiger partial charge >= 0.3 is 0 Å². The Morgan fingerprint density at radius 3 is 3.23 bits per heavy atom. The van der Waals surface area contributed by atoms with E-state index in [-0.39, 0.29) is 5.91 Å². The van der Waals surface area contributed by atoms with E-state index in [1.807, 2.05) is 41.2 Å². The van der Waals surface area contributed by atoms with Crippen LogP contribution in [0.1, 0.15) is 22.7 Å². The zero-order chi connectivity index (χ0) is 14.9. The molecule has 3 aromatic rings. The van der Waals surface area contributed by atoms with Crippen molar-refractivity contribution in [1.82, 2.24) is 24.3 Å². The molecule has 1 amide bonds. The summed E-state index contributed by atoms with van der Waals surface area (Å²) in [4.78, 5) is 20.9. The molecule has 0 spiro atoms. The smallest absolute Gasteiger partial charge is 0.271 e. The van der Waals surface area contributed by atoms with Gasteiger partial charge in [-0.2, -0.15) is 0 Å². The first-order chi connectivity index (χ1) is 10.8. The summed E-state index contributed by atoms with van der Waals surface area (Å²) in [6.07, 6.45) is 9.53. The van der Waals surface area contributed by atoms with Crippen molar-refractivity contribution in [2.45, 2.75) is 19.4 Å². The van der Waals surface area contributed by atoms with Gasteiger partial charge in [-0.25, -0.2) is 9.97 Å². The predicted molar refractivity (Wildman–Crippen MR) is 81.6 cm³/mol. The van der Waals surface area contributed by atoms with Crippen LogP contribution in [0, 0.1) is 5.92 Å². The van der Waals surface area contributed by atoms with Crippen molar-refractivity contribution in [2.75, 3.05) is 6.54 Å². The second kappa shape index (κ2) is 5.29. The van der Waals surface area contributed by atoms with Gasteiger partial charge < -0.3 is 14.3 Å². The van der Waals surface area contributed by atoms with E-state index in [1.54, 1.807) is 6.20 Å². The van der Waals surface area contributed by atoms with E-state index in [9.17, 15) is 4.79 Å². The Kier molecular flexibility index (Phi) is 3.14. The highest BCUT2D eigenvalue weighted by molar-refractivity contribution is 5.92. The molecule has 4 heterocycles. The monoisotopic (exact) mass is 295 g/mol. The number of nitrogens with zero attached hydrogens (tertiary/aromatic N) is 4. The number of hydrogen-bond donors (Lipinski definition) is 1. The van der Waals surface area contributed by atoms with Crippen molar-refractivity contribution in [2.24, 2.45) is 5.92 Å². The Hall–Kier alpha value is -2.63. The molecule has 0 aliphatic carbocycles. The van der Waals surface area contributed by atoms with Gasteiger partial charge in [0.05, 0.1) is 0 Å². The van der Waals surface area contributed by atoms with Crippen LogP contribution in [0.4, 0.5) is 0 Å². The summed E-state index contributed by atoms with van der Waals surface area (Å²) in [5, 5.41) is 3.00. The van der Waals surface area contributed by atoms with Gasteiger partial charge in [-0.05, 0) is 24.5 Å². The van der Waals surface area contributed by atoms with Crippen molar-refractivity contribution >= 4 is 11.6 Å². The minimum Gasteiger partial charge on any atom is -0.350 e. The molecule has 0 fully saturated rings. The average Bonchev–Trinajstić information content (AvgIpc) is 3.18. The Morgan fingerprint density at radius 2 is 2.32 bits per heavy atom. The number of aryl methyl sites for hydroxylation is 1. The molecule has 4 rings (SSSR count). The van der Waals surface area contributed by atoms with Crippen LogP contribution in [0.5, 0.6) is 0 Å². The summed E-state index contributed by atoms with van der Waals surface area (Å²) in [6.45, 7) is 1.59. The van der Waals surface area contributed by atoms with Crippen molar-refractivity contribution < 1.29 is 4.79 Å². The Balaban J connectivity index is 1.40. The maximum Gasteiger partial charge on any atom is 0.271 e. The van der Waals surface area contributed by atoms with E-state index < -0.39 is 0 Å². The van der Waals surface area contributed by atoms with E-state index in [4.69, 9.17) is 0 Å². The number of imidazole rings is 2. The molecule has 0 radical (unpaired) electrons. The molecule has 0 unspecified atom stereocenters. The summed E-state index contributed by atoms with van der Waals surface area (Å²) < 4.78 is 4.03.